The van der Waals surface area contributed by atoms with Crippen molar-refractivity contribution in [3.05, 3.63) is 107 Å². The van der Waals surface area contributed by atoms with Crippen LogP contribution in [0.15, 0.2) is 91.1 Å². The number of carbonyl (C=O) groups excluding carboxylic acids is 2. The molecule has 0 spiro atoms. The summed E-state index contributed by atoms with van der Waals surface area (Å²) in [5.41, 5.74) is 2.68. The van der Waals surface area contributed by atoms with Crippen molar-refractivity contribution >= 4 is 46.0 Å². The molecule has 1 heterocycles. The molecule has 1 amide bonds. The highest BCUT2D eigenvalue weighted by Gasteiger charge is 2.08. The van der Waals surface area contributed by atoms with Gasteiger partial charge in [-0.1, -0.05) is 48.0 Å². The van der Waals surface area contributed by atoms with Gasteiger partial charge in [0, 0.05) is 27.9 Å². The Morgan fingerprint density at radius 1 is 0.938 bits per heavy atom. The van der Waals surface area contributed by atoms with Crippen molar-refractivity contribution in [2.45, 2.75) is 0 Å². The second-order valence-electron chi connectivity index (χ2n) is 6.99. The molecule has 1 N–H and O–H groups in total. The Kier molecular flexibility index (Phi) is 6.58. The number of nitrogens with zero attached hydrogens (tertiary/aromatic N) is 1. The molecular formula is C26H19ClN2O3. The van der Waals surface area contributed by atoms with E-state index < -0.39 is 0 Å². The highest BCUT2D eigenvalue weighted by Crippen LogP contribution is 2.23. The largest absolute Gasteiger partial charge is 0.481 e. The van der Waals surface area contributed by atoms with Crippen LogP contribution in [0, 0.1) is 0 Å². The van der Waals surface area contributed by atoms with Crippen LogP contribution in [0.3, 0.4) is 0 Å². The lowest BCUT2D eigenvalue weighted by Gasteiger charge is -2.09. The first kappa shape index (κ1) is 21.3. The summed E-state index contributed by atoms with van der Waals surface area (Å²) in [7, 11) is 0. The molecule has 1 aromatic heterocycles. The predicted octanol–water partition coefficient (Wildman–Crippen LogP) is 5.80. The lowest BCUT2D eigenvalue weighted by Crippen LogP contribution is -2.20. The van der Waals surface area contributed by atoms with Gasteiger partial charge in [0.2, 0.25) is 0 Å². The maximum absolute atomic E-state index is 12.4. The molecule has 158 valence electrons. The molecule has 0 aliphatic rings. The fourth-order valence-corrected chi connectivity index (χ4v) is 3.22. The second-order valence-corrected chi connectivity index (χ2v) is 7.43. The number of ether oxygens (including phenoxy) is 1. The van der Waals surface area contributed by atoms with Crippen LogP contribution in [-0.4, -0.2) is 23.3 Å². The third kappa shape index (κ3) is 5.39. The van der Waals surface area contributed by atoms with Gasteiger partial charge in [0.05, 0.1) is 0 Å². The summed E-state index contributed by atoms with van der Waals surface area (Å²) in [6, 6.07) is 23.2. The first-order valence-electron chi connectivity index (χ1n) is 9.93. The second kappa shape index (κ2) is 9.90. The summed E-state index contributed by atoms with van der Waals surface area (Å²) in [4.78, 5) is 28.9. The topological polar surface area (TPSA) is 68.3 Å². The van der Waals surface area contributed by atoms with Gasteiger partial charge < -0.3 is 10.1 Å². The molecule has 0 atom stereocenters. The fourth-order valence-electron chi connectivity index (χ4n) is 3.09. The van der Waals surface area contributed by atoms with E-state index in [1.54, 1.807) is 54.7 Å². The van der Waals surface area contributed by atoms with Gasteiger partial charge >= 0.3 is 0 Å². The molecule has 4 rings (SSSR count). The number of hydrogen-bond donors (Lipinski definition) is 1. The van der Waals surface area contributed by atoms with Crippen molar-refractivity contribution in [3.8, 4) is 5.75 Å². The van der Waals surface area contributed by atoms with Crippen LogP contribution >= 0.6 is 11.6 Å². The molecule has 0 radical (unpaired) electrons. The summed E-state index contributed by atoms with van der Waals surface area (Å²) in [6.07, 6.45) is 4.92. The molecular weight excluding hydrogens is 424 g/mol. The lowest BCUT2D eigenvalue weighted by atomic mass is 10.1. The molecule has 32 heavy (non-hydrogen) atoms. The number of aromatic nitrogens is 1. The van der Waals surface area contributed by atoms with Gasteiger partial charge in [-0.25, -0.2) is 0 Å². The Balaban J connectivity index is 1.33. The van der Waals surface area contributed by atoms with Crippen molar-refractivity contribution < 1.29 is 14.3 Å². The van der Waals surface area contributed by atoms with E-state index in [4.69, 9.17) is 16.3 Å². The Labute approximate surface area is 190 Å². The number of hydrogen-bond acceptors (Lipinski definition) is 4. The summed E-state index contributed by atoms with van der Waals surface area (Å²) >= 11 is 5.86. The number of allylic oxidation sites excluding steroid dienone is 1. The Bertz CT molecular complexity index is 1280. The highest BCUT2D eigenvalue weighted by molar-refractivity contribution is 6.30. The first-order valence-corrected chi connectivity index (χ1v) is 10.3. The van der Waals surface area contributed by atoms with Gasteiger partial charge in [0.1, 0.15) is 11.3 Å². The molecule has 0 unspecified atom stereocenters. The van der Waals surface area contributed by atoms with Gasteiger partial charge in [-0.15, -0.1) is 0 Å². The quantitative estimate of drug-likeness (QED) is 0.290. The standard InChI is InChI=1S/C26H19ClN2O3/c27-21-11-6-18(7-12-21)8-15-23(30)19-9-13-22(14-10-19)29-25(31)17-32-24-5-1-3-20-4-2-16-28-26(20)24/h1-16H,17H2,(H,29,31)/b15-8+. The monoisotopic (exact) mass is 442 g/mol. The van der Waals surface area contributed by atoms with E-state index in [1.165, 1.54) is 6.08 Å². The van der Waals surface area contributed by atoms with E-state index >= 15 is 0 Å². The number of fused-ring (bicyclic) bond motifs is 1. The van der Waals surface area contributed by atoms with Crippen LogP contribution < -0.4 is 10.1 Å². The van der Waals surface area contributed by atoms with Gasteiger partial charge in [0.15, 0.2) is 12.4 Å². The first-order chi connectivity index (χ1) is 15.6. The molecule has 6 heteroatoms. The molecule has 0 fully saturated rings. The third-order valence-corrected chi connectivity index (χ3v) is 4.96. The van der Waals surface area contributed by atoms with Crippen molar-refractivity contribution in [2.24, 2.45) is 0 Å². The number of ketones is 1. The zero-order valence-electron chi connectivity index (χ0n) is 17.0. The number of pyridine rings is 1. The summed E-state index contributed by atoms with van der Waals surface area (Å²) in [5, 5.41) is 4.35. The number of para-hydroxylation sites is 1. The van der Waals surface area contributed by atoms with Crippen LogP contribution in [0.2, 0.25) is 5.02 Å². The van der Waals surface area contributed by atoms with Crippen LogP contribution in [0.5, 0.6) is 5.75 Å². The van der Waals surface area contributed by atoms with Gasteiger partial charge in [-0.3, -0.25) is 14.6 Å². The molecule has 0 aliphatic carbocycles. The zero-order chi connectivity index (χ0) is 22.3. The SMILES string of the molecule is O=C(COc1cccc2cccnc12)Nc1ccc(C(=O)/C=C/c2ccc(Cl)cc2)cc1. The molecule has 4 aromatic rings. The highest BCUT2D eigenvalue weighted by atomic mass is 35.5. The van der Waals surface area contributed by atoms with E-state index in [2.05, 4.69) is 10.3 Å². The summed E-state index contributed by atoms with van der Waals surface area (Å²) in [6.45, 7) is -0.153. The maximum atomic E-state index is 12.4. The van der Waals surface area contributed by atoms with E-state index in [-0.39, 0.29) is 18.3 Å². The number of anilines is 1. The molecule has 0 saturated heterocycles. The number of nitrogens with one attached hydrogen (secondary N) is 1. The van der Waals surface area contributed by atoms with E-state index in [9.17, 15) is 9.59 Å². The summed E-state index contributed by atoms with van der Waals surface area (Å²) in [5.74, 6) is 0.107. The van der Waals surface area contributed by atoms with E-state index in [1.807, 2.05) is 36.4 Å². The smallest absolute Gasteiger partial charge is 0.262 e. The zero-order valence-corrected chi connectivity index (χ0v) is 17.8. The van der Waals surface area contributed by atoms with E-state index in [0.29, 0.717) is 27.5 Å². The lowest BCUT2D eigenvalue weighted by molar-refractivity contribution is -0.118. The number of halogens is 1. The number of amides is 1. The van der Waals surface area contributed by atoms with Crippen molar-refractivity contribution in [3.63, 3.8) is 0 Å². The normalized spacial score (nSPS) is 10.9. The average molecular weight is 443 g/mol. The van der Waals surface area contributed by atoms with Crippen molar-refractivity contribution in [1.29, 1.82) is 0 Å². The van der Waals surface area contributed by atoms with Crippen molar-refractivity contribution in [2.75, 3.05) is 11.9 Å². The molecule has 3 aromatic carbocycles. The van der Waals surface area contributed by atoms with Crippen LogP contribution in [0.4, 0.5) is 5.69 Å². The minimum Gasteiger partial charge on any atom is -0.481 e. The fraction of sp³-hybridized carbons (Fsp3) is 0.0385. The van der Waals surface area contributed by atoms with Gasteiger partial charge in [0.25, 0.3) is 5.91 Å². The Hall–Kier alpha value is -3.96. The van der Waals surface area contributed by atoms with Gasteiger partial charge in [-0.2, -0.15) is 0 Å². The third-order valence-electron chi connectivity index (χ3n) is 4.70. The van der Waals surface area contributed by atoms with Gasteiger partial charge in [-0.05, 0) is 60.2 Å². The number of benzene rings is 3. The molecule has 5 nitrogen and oxygen atoms in total. The van der Waals surface area contributed by atoms with Crippen LogP contribution in [-0.2, 0) is 4.79 Å². The van der Waals surface area contributed by atoms with Crippen molar-refractivity contribution in [1.82, 2.24) is 4.98 Å². The minimum atomic E-state index is -0.306. The Morgan fingerprint density at radius 2 is 1.69 bits per heavy atom. The van der Waals surface area contributed by atoms with Crippen LogP contribution in [0.1, 0.15) is 15.9 Å². The molecule has 0 bridgehead atoms. The number of carbonyl (C=O) groups is 2. The number of rotatable bonds is 7. The maximum Gasteiger partial charge on any atom is 0.262 e. The predicted molar refractivity (Wildman–Crippen MR) is 127 cm³/mol. The Morgan fingerprint density at radius 3 is 2.47 bits per heavy atom. The van der Waals surface area contributed by atoms with Crippen LogP contribution in [0.25, 0.3) is 17.0 Å². The van der Waals surface area contributed by atoms with E-state index in [0.717, 1.165) is 10.9 Å². The summed E-state index contributed by atoms with van der Waals surface area (Å²) < 4.78 is 5.65. The average Bonchev–Trinajstić information content (AvgIpc) is 2.82. The minimum absolute atomic E-state index is 0.135. The molecule has 0 saturated carbocycles. The molecule has 0 aliphatic heterocycles.